The number of hydrogen-bond donors (Lipinski definition) is 0. The Balaban J connectivity index is 0.00000213. The highest BCUT2D eigenvalue weighted by molar-refractivity contribution is 5.93. The zero-order chi connectivity index (χ0) is 37.8. The molecule has 268 valence electrons. The van der Waals surface area contributed by atoms with Gasteiger partial charge in [0.1, 0.15) is 0 Å². The molecule has 0 heteroatoms. The molecule has 3 rings (SSSR count). The maximum Gasteiger partial charge on any atom is -0.00730 e. The van der Waals surface area contributed by atoms with Crippen LogP contribution in [-0.2, 0) is 0 Å². The number of allylic oxidation sites excluding steroid dienone is 17. The van der Waals surface area contributed by atoms with Crippen molar-refractivity contribution < 1.29 is 0 Å². The van der Waals surface area contributed by atoms with Gasteiger partial charge in [-0.05, 0) is 106 Å². The Morgan fingerprint density at radius 3 is 2.16 bits per heavy atom. The van der Waals surface area contributed by atoms with Gasteiger partial charge in [-0.1, -0.05) is 208 Å². The van der Waals surface area contributed by atoms with Gasteiger partial charge in [-0.25, -0.2) is 0 Å². The van der Waals surface area contributed by atoms with Crippen LogP contribution in [0, 0.1) is 12.3 Å². The zero-order valence-electron chi connectivity index (χ0n) is 33.0. The van der Waals surface area contributed by atoms with Crippen LogP contribution in [0.15, 0.2) is 170 Å². The van der Waals surface area contributed by atoms with E-state index in [1.807, 2.05) is 18.2 Å². The van der Waals surface area contributed by atoms with Crippen LogP contribution in [-0.4, -0.2) is 0 Å². The average Bonchev–Trinajstić information content (AvgIpc) is 3.12. The predicted molar refractivity (Wildman–Crippen MR) is 233 cm³/mol. The topological polar surface area (TPSA) is 0 Å². The molecule has 0 saturated heterocycles. The largest absolute Gasteiger partial charge is 0.0995 e. The molecule has 0 atom stereocenters. The first-order valence-electron chi connectivity index (χ1n) is 18.7. The van der Waals surface area contributed by atoms with Gasteiger partial charge in [0.15, 0.2) is 0 Å². The maximum atomic E-state index is 4.66. The van der Waals surface area contributed by atoms with E-state index in [9.17, 15) is 0 Å². The monoisotopic (exact) mass is 677 g/mol. The highest BCUT2D eigenvalue weighted by Gasteiger charge is 2.18. The van der Waals surface area contributed by atoms with Crippen LogP contribution in [0.3, 0.4) is 0 Å². The molecule has 2 aromatic carbocycles. The summed E-state index contributed by atoms with van der Waals surface area (Å²) in [5.41, 5.74) is 14.1. The van der Waals surface area contributed by atoms with Crippen LogP contribution in [0.2, 0.25) is 0 Å². The summed E-state index contributed by atoms with van der Waals surface area (Å²) in [6, 6.07) is 15.4. The molecule has 0 aromatic heterocycles. The van der Waals surface area contributed by atoms with Gasteiger partial charge in [-0.2, -0.15) is 0 Å². The summed E-state index contributed by atoms with van der Waals surface area (Å²) in [4.78, 5) is 0. The Labute approximate surface area is 312 Å². The van der Waals surface area contributed by atoms with E-state index in [0.717, 1.165) is 65.5 Å². The Morgan fingerprint density at radius 1 is 0.863 bits per heavy atom. The van der Waals surface area contributed by atoms with Crippen LogP contribution in [0.5, 0.6) is 0 Å². The SMILES string of the molecule is C=C/C=C\c1cc(/C(=C(\C=C/C(=C)CC(=C)CCC(C)(C)C)CC)c2ccccc2C(=C)C(/C=C2/C=CC=CC2)=C/C=C)ccc1C.CCCC. The minimum atomic E-state index is 0.291. The average molecular weight is 677 g/mol. The highest BCUT2D eigenvalue weighted by atomic mass is 14.2. The Kier molecular flexibility index (Phi) is 18.5. The molecular weight excluding hydrogens is 613 g/mol. The number of rotatable bonds is 16. The number of hydrogen-bond acceptors (Lipinski definition) is 0. The third-order valence-corrected chi connectivity index (χ3v) is 8.83. The lowest BCUT2D eigenvalue weighted by atomic mass is 9.83. The molecule has 0 aliphatic heterocycles. The predicted octanol–water partition coefficient (Wildman–Crippen LogP) is 15.7. The minimum absolute atomic E-state index is 0.291. The van der Waals surface area contributed by atoms with Crippen molar-refractivity contribution in [3.8, 4) is 0 Å². The van der Waals surface area contributed by atoms with Gasteiger partial charge in [0.2, 0.25) is 0 Å². The molecule has 1 aliphatic rings. The lowest BCUT2D eigenvalue weighted by Crippen LogP contribution is -2.04. The van der Waals surface area contributed by atoms with E-state index in [1.54, 1.807) is 0 Å². The molecule has 1 aliphatic carbocycles. The van der Waals surface area contributed by atoms with Crippen LogP contribution < -0.4 is 0 Å². The number of aryl methyl sites for hydroxylation is 1. The van der Waals surface area contributed by atoms with Crippen molar-refractivity contribution in [2.75, 3.05) is 0 Å². The van der Waals surface area contributed by atoms with Crippen LogP contribution in [0.4, 0.5) is 0 Å². The molecule has 51 heavy (non-hydrogen) atoms. The molecular formula is C51H64. The lowest BCUT2D eigenvalue weighted by Gasteiger charge is -2.20. The first kappa shape index (κ1) is 42.5. The fourth-order valence-electron chi connectivity index (χ4n) is 5.60. The molecule has 0 fully saturated rings. The second kappa shape index (κ2) is 22.2. The van der Waals surface area contributed by atoms with Gasteiger partial charge in [0, 0.05) is 0 Å². The summed E-state index contributed by atoms with van der Waals surface area (Å²) >= 11 is 0. The molecule has 2 aromatic rings. The van der Waals surface area contributed by atoms with Gasteiger partial charge in [-0.15, -0.1) is 0 Å². The van der Waals surface area contributed by atoms with Crippen molar-refractivity contribution in [3.05, 3.63) is 198 Å². The van der Waals surface area contributed by atoms with Crippen molar-refractivity contribution in [1.82, 2.24) is 0 Å². The fraction of sp³-hybridized carbons (Fsp3) is 0.294. The molecule has 0 nitrogen and oxygen atoms in total. The van der Waals surface area contributed by atoms with Crippen molar-refractivity contribution in [2.45, 2.75) is 93.4 Å². The van der Waals surface area contributed by atoms with Gasteiger partial charge < -0.3 is 0 Å². The summed E-state index contributed by atoms with van der Waals surface area (Å²) < 4.78 is 0. The molecule has 0 bridgehead atoms. The summed E-state index contributed by atoms with van der Waals surface area (Å²) in [5, 5.41) is 0. The quantitative estimate of drug-likeness (QED) is 0.123. The normalized spacial score (nSPS) is 14.3. The second-order valence-corrected chi connectivity index (χ2v) is 14.5. The molecule has 0 unspecified atom stereocenters. The lowest BCUT2D eigenvalue weighted by molar-refractivity contribution is 0.377. The number of unbranched alkanes of at least 4 members (excludes halogenated alkanes) is 1. The van der Waals surface area contributed by atoms with E-state index in [2.05, 4.69) is 179 Å². The molecule has 0 N–H and O–H groups in total. The summed E-state index contributed by atoms with van der Waals surface area (Å²) in [6.45, 7) is 36.9. The van der Waals surface area contributed by atoms with E-state index in [4.69, 9.17) is 0 Å². The van der Waals surface area contributed by atoms with E-state index in [1.165, 1.54) is 46.3 Å². The van der Waals surface area contributed by atoms with Gasteiger partial charge in [0.05, 0.1) is 0 Å². The summed E-state index contributed by atoms with van der Waals surface area (Å²) in [7, 11) is 0. The van der Waals surface area contributed by atoms with E-state index >= 15 is 0 Å². The maximum absolute atomic E-state index is 4.66. The van der Waals surface area contributed by atoms with Gasteiger partial charge in [-0.3, -0.25) is 0 Å². The van der Waals surface area contributed by atoms with E-state index in [-0.39, 0.29) is 0 Å². The van der Waals surface area contributed by atoms with Crippen LogP contribution in [0.1, 0.15) is 114 Å². The van der Waals surface area contributed by atoms with Crippen molar-refractivity contribution in [3.63, 3.8) is 0 Å². The first-order chi connectivity index (χ1) is 24.4. The number of benzene rings is 2. The minimum Gasteiger partial charge on any atom is -0.0995 e. The summed E-state index contributed by atoms with van der Waals surface area (Å²) in [5.74, 6) is 0. The smallest absolute Gasteiger partial charge is 0.00730 e. The second-order valence-electron chi connectivity index (χ2n) is 14.5. The third kappa shape index (κ3) is 14.6. The molecule has 0 saturated carbocycles. The van der Waals surface area contributed by atoms with Crippen molar-refractivity contribution in [2.24, 2.45) is 5.41 Å². The van der Waals surface area contributed by atoms with Gasteiger partial charge >= 0.3 is 0 Å². The Hall–Kier alpha value is -4.68. The molecule has 0 amide bonds. The van der Waals surface area contributed by atoms with E-state index < -0.39 is 0 Å². The summed E-state index contributed by atoms with van der Waals surface area (Å²) in [6.07, 6.45) is 32.4. The van der Waals surface area contributed by atoms with E-state index in [0.29, 0.717) is 5.41 Å². The standard InChI is InChI=1S/C47H54.C4H10/c1-11-14-23-41-34-43(29-27-37(41)6)46(40(13-3)28-26-35(4)32-36(5)30-31-47(8,9)10)45-25-19-18-24-44(45)38(7)42(20-12-2)33-39-21-16-15-17-22-39;1-3-4-2/h11-12,14-21,23-29,33-34H,1-2,4-5,7,13,22,30-32H2,3,6,8-10H3;3-4H2,1-2H3/b23-14-,28-26-,39-33-,42-20+,46-40+;. The Bertz CT molecular complexity index is 1740. The first-order valence-corrected chi connectivity index (χ1v) is 18.7. The third-order valence-electron chi connectivity index (χ3n) is 8.83. The fourth-order valence-corrected chi connectivity index (χ4v) is 5.60. The zero-order valence-corrected chi connectivity index (χ0v) is 33.0. The van der Waals surface area contributed by atoms with Gasteiger partial charge in [0.25, 0.3) is 0 Å². The highest BCUT2D eigenvalue weighted by Crippen LogP contribution is 2.38. The van der Waals surface area contributed by atoms with Crippen LogP contribution in [0.25, 0.3) is 17.2 Å². The Morgan fingerprint density at radius 2 is 1.57 bits per heavy atom. The van der Waals surface area contributed by atoms with Crippen LogP contribution >= 0.6 is 0 Å². The van der Waals surface area contributed by atoms with Crippen molar-refractivity contribution >= 4 is 17.2 Å². The molecule has 0 heterocycles. The van der Waals surface area contributed by atoms with Crippen molar-refractivity contribution in [1.29, 1.82) is 0 Å². The molecule has 0 radical (unpaired) electrons. The molecule has 0 spiro atoms.